The molecule has 1 N–H and O–H groups in total. The lowest BCUT2D eigenvalue weighted by atomic mass is 9.79. The number of hydrogen-bond acceptors (Lipinski definition) is 4. The molecule has 0 amide bonds. The summed E-state index contributed by atoms with van der Waals surface area (Å²) in [6, 6.07) is 12.1. The Balaban J connectivity index is 1.04. The van der Waals surface area contributed by atoms with Crippen LogP contribution >= 0.6 is 0 Å². The van der Waals surface area contributed by atoms with E-state index in [0.29, 0.717) is 29.7 Å². The number of carbonyl (C=O) groups is 1. The molecule has 4 aliphatic rings. The average Bonchev–Trinajstić information content (AvgIpc) is 3.43. The van der Waals surface area contributed by atoms with Crippen molar-refractivity contribution in [2.24, 2.45) is 11.8 Å². The van der Waals surface area contributed by atoms with Gasteiger partial charge in [0.15, 0.2) is 0 Å². The maximum Gasteiger partial charge on any atom is 0.132 e. The molecule has 0 bridgehead atoms. The number of rotatable bonds is 6. The summed E-state index contributed by atoms with van der Waals surface area (Å²) in [7, 11) is 0. The first-order chi connectivity index (χ1) is 14.6. The van der Waals surface area contributed by atoms with Crippen molar-refractivity contribution in [3.8, 4) is 0 Å². The Labute approximate surface area is 181 Å². The molecule has 2 aliphatic heterocycles. The summed E-state index contributed by atoms with van der Waals surface area (Å²) in [6.45, 7) is 6.23. The Morgan fingerprint density at radius 2 is 1.87 bits per heavy atom. The van der Waals surface area contributed by atoms with Gasteiger partial charge in [-0.2, -0.15) is 0 Å². The lowest BCUT2D eigenvalue weighted by Gasteiger charge is -2.40. The molecule has 0 radical (unpaired) electrons. The Bertz CT molecular complexity index is 720. The van der Waals surface area contributed by atoms with E-state index in [9.17, 15) is 4.79 Å². The van der Waals surface area contributed by atoms with Crippen LogP contribution in [0.3, 0.4) is 0 Å². The molecule has 1 unspecified atom stereocenters. The second kappa shape index (κ2) is 8.72. The Morgan fingerprint density at radius 1 is 1.13 bits per heavy atom. The van der Waals surface area contributed by atoms with E-state index in [0.717, 1.165) is 25.4 Å². The van der Waals surface area contributed by atoms with Gasteiger partial charge in [0.05, 0.1) is 12.2 Å². The van der Waals surface area contributed by atoms with Crippen LogP contribution in [-0.4, -0.2) is 54.6 Å². The topological polar surface area (TPSA) is 41.6 Å². The second-order valence-electron chi connectivity index (χ2n) is 10.6. The monoisotopic (exact) mass is 410 g/mol. The fourth-order valence-corrected chi connectivity index (χ4v) is 6.31. The van der Waals surface area contributed by atoms with E-state index in [-0.39, 0.29) is 5.60 Å². The minimum Gasteiger partial charge on any atom is -0.373 e. The number of likely N-dealkylation sites (tertiary alicyclic amines) is 1. The van der Waals surface area contributed by atoms with E-state index in [1.165, 1.54) is 63.7 Å². The van der Waals surface area contributed by atoms with Crippen LogP contribution in [0.4, 0.5) is 0 Å². The van der Waals surface area contributed by atoms with E-state index in [1.54, 1.807) is 6.92 Å². The first kappa shape index (κ1) is 20.7. The smallest absolute Gasteiger partial charge is 0.132 e. The molecule has 164 valence electrons. The van der Waals surface area contributed by atoms with E-state index in [1.807, 2.05) is 0 Å². The van der Waals surface area contributed by atoms with Gasteiger partial charge in [0.2, 0.25) is 0 Å². The first-order valence-corrected chi connectivity index (χ1v) is 12.3. The highest BCUT2D eigenvalue weighted by Gasteiger charge is 2.46. The van der Waals surface area contributed by atoms with Gasteiger partial charge in [0.25, 0.3) is 0 Å². The van der Waals surface area contributed by atoms with Crippen molar-refractivity contribution in [1.82, 2.24) is 10.2 Å². The summed E-state index contributed by atoms with van der Waals surface area (Å²) in [5.41, 5.74) is 1.60. The molecule has 4 fully saturated rings. The third-order valence-corrected chi connectivity index (χ3v) is 8.38. The highest BCUT2D eigenvalue weighted by atomic mass is 16.5. The average molecular weight is 411 g/mol. The van der Waals surface area contributed by atoms with Crippen molar-refractivity contribution in [2.75, 3.05) is 26.2 Å². The van der Waals surface area contributed by atoms with Crippen LogP contribution in [0.2, 0.25) is 0 Å². The van der Waals surface area contributed by atoms with Gasteiger partial charge < -0.3 is 15.0 Å². The molecule has 0 aromatic heterocycles. The molecule has 4 heteroatoms. The molecular formula is C26H38N2O2. The maximum atomic E-state index is 11.6. The molecular weight excluding hydrogens is 372 g/mol. The lowest BCUT2D eigenvalue weighted by molar-refractivity contribution is -0.122. The van der Waals surface area contributed by atoms with Gasteiger partial charge in [-0.3, -0.25) is 4.79 Å². The lowest BCUT2D eigenvalue weighted by Crippen LogP contribution is -2.46. The largest absolute Gasteiger partial charge is 0.373 e. The molecule has 2 saturated carbocycles. The van der Waals surface area contributed by atoms with Gasteiger partial charge >= 0.3 is 0 Å². The highest BCUT2D eigenvalue weighted by Crippen LogP contribution is 2.43. The fraction of sp³-hybridized carbons (Fsp3) is 0.731. The quantitative estimate of drug-likeness (QED) is 0.765. The maximum absolute atomic E-state index is 11.6. The van der Waals surface area contributed by atoms with Crippen LogP contribution in [0, 0.1) is 11.8 Å². The summed E-state index contributed by atoms with van der Waals surface area (Å²) in [6.07, 6.45) is 9.51. The summed E-state index contributed by atoms with van der Waals surface area (Å²) < 4.78 is 6.42. The number of benzene rings is 1. The van der Waals surface area contributed by atoms with Crippen LogP contribution in [0.5, 0.6) is 0 Å². The number of carbonyl (C=O) groups excluding carboxylic acids is 1. The fourth-order valence-electron chi connectivity index (χ4n) is 6.31. The van der Waals surface area contributed by atoms with E-state index in [4.69, 9.17) is 4.74 Å². The van der Waals surface area contributed by atoms with Gasteiger partial charge in [-0.25, -0.2) is 0 Å². The number of nitrogens with zero attached hydrogens (tertiary/aromatic N) is 1. The molecule has 2 saturated heterocycles. The number of Topliss-reactive ketones (excluding diaryl/α,β-unsaturated/α-hetero) is 1. The predicted molar refractivity (Wildman–Crippen MR) is 120 cm³/mol. The zero-order valence-electron chi connectivity index (χ0n) is 18.5. The van der Waals surface area contributed by atoms with Crippen LogP contribution in [0.25, 0.3) is 0 Å². The van der Waals surface area contributed by atoms with Crippen molar-refractivity contribution < 1.29 is 9.53 Å². The minimum atomic E-state index is 0.123. The van der Waals surface area contributed by atoms with Gasteiger partial charge in [-0.05, 0) is 69.8 Å². The third kappa shape index (κ3) is 4.66. The molecule has 4 nitrogen and oxygen atoms in total. The molecule has 1 aromatic rings. The van der Waals surface area contributed by atoms with Crippen LogP contribution in [0.1, 0.15) is 69.8 Å². The zero-order chi connectivity index (χ0) is 20.6. The molecule has 2 aliphatic carbocycles. The number of ether oxygens (including phenoxy) is 1. The molecule has 1 aromatic carbocycles. The summed E-state index contributed by atoms with van der Waals surface area (Å²) in [5, 5.41) is 3.90. The van der Waals surface area contributed by atoms with Crippen molar-refractivity contribution in [1.29, 1.82) is 0 Å². The van der Waals surface area contributed by atoms with Gasteiger partial charge in [0, 0.05) is 43.6 Å². The minimum absolute atomic E-state index is 0.123. The van der Waals surface area contributed by atoms with Gasteiger partial charge in [0.1, 0.15) is 5.78 Å². The van der Waals surface area contributed by atoms with Crippen molar-refractivity contribution in [3.05, 3.63) is 35.9 Å². The molecule has 2 heterocycles. The Hall–Kier alpha value is -1.23. The normalized spacial score (nSPS) is 36.1. The first-order valence-electron chi connectivity index (χ1n) is 12.3. The van der Waals surface area contributed by atoms with Crippen LogP contribution in [-0.2, 0) is 9.53 Å². The van der Waals surface area contributed by atoms with Crippen LogP contribution < -0.4 is 5.32 Å². The van der Waals surface area contributed by atoms with Crippen LogP contribution in [0.15, 0.2) is 30.3 Å². The third-order valence-electron chi connectivity index (χ3n) is 8.38. The van der Waals surface area contributed by atoms with Crippen molar-refractivity contribution in [2.45, 2.75) is 81.9 Å². The predicted octanol–water partition coefficient (Wildman–Crippen LogP) is 4.15. The Morgan fingerprint density at radius 3 is 2.57 bits per heavy atom. The van der Waals surface area contributed by atoms with Gasteiger partial charge in [-0.1, -0.05) is 30.3 Å². The SMILES string of the molecule is CC(=O)C1CCC(CN2CCC3(CC2)CC(N[C@@H]2C[C@H]2c2ccccc2)CO3)CC1. The molecule has 1 spiro atoms. The summed E-state index contributed by atoms with van der Waals surface area (Å²) in [5.74, 6) is 2.23. The molecule has 5 rings (SSSR count). The summed E-state index contributed by atoms with van der Waals surface area (Å²) >= 11 is 0. The van der Waals surface area contributed by atoms with Crippen molar-refractivity contribution >= 4 is 5.78 Å². The van der Waals surface area contributed by atoms with Gasteiger partial charge in [-0.15, -0.1) is 0 Å². The van der Waals surface area contributed by atoms with E-state index in [2.05, 4.69) is 40.5 Å². The number of piperidine rings is 1. The Kier molecular flexibility index (Phi) is 6.01. The standard InChI is InChI=1S/C26H38N2O2/c1-19(29)21-9-7-20(8-10-21)17-28-13-11-26(12-14-28)16-23(18-30-26)27-25-15-24(25)22-5-3-2-4-6-22/h2-6,20-21,23-25,27H,7-18H2,1H3/t20?,21?,23?,24-,25+/m0/s1. The highest BCUT2D eigenvalue weighted by molar-refractivity contribution is 5.78. The van der Waals surface area contributed by atoms with Crippen molar-refractivity contribution in [3.63, 3.8) is 0 Å². The summed E-state index contributed by atoms with van der Waals surface area (Å²) in [4.78, 5) is 14.3. The van der Waals surface area contributed by atoms with E-state index < -0.39 is 0 Å². The molecule has 30 heavy (non-hydrogen) atoms. The molecule has 3 atom stereocenters. The number of ketones is 1. The number of nitrogens with one attached hydrogen (secondary N) is 1. The number of hydrogen-bond donors (Lipinski definition) is 1. The second-order valence-corrected chi connectivity index (χ2v) is 10.6. The van der Waals surface area contributed by atoms with E-state index >= 15 is 0 Å². The zero-order valence-corrected chi connectivity index (χ0v) is 18.5.